The van der Waals surface area contributed by atoms with E-state index in [9.17, 15) is 4.39 Å². The third-order valence-corrected chi connectivity index (χ3v) is 3.82. The summed E-state index contributed by atoms with van der Waals surface area (Å²) < 4.78 is 14.6. The first-order chi connectivity index (χ1) is 8.61. The highest BCUT2D eigenvalue weighted by atomic mass is 32.2. The zero-order valence-corrected chi connectivity index (χ0v) is 11.5. The van der Waals surface area contributed by atoms with Crippen LogP contribution in [0.3, 0.4) is 0 Å². The summed E-state index contributed by atoms with van der Waals surface area (Å²) in [7, 11) is 3.81. The molecule has 1 aromatic carbocycles. The number of anilines is 1. The number of rotatable bonds is 4. The Balaban J connectivity index is 2.12. The second kappa shape index (κ2) is 5.44. The molecule has 0 aliphatic carbocycles. The second-order valence-electron chi connectivity index (χ2n) is 4.03. The van der Waals surface area contributed by atoms with E-state index in [4.69, 9.17) is 0 Å². The van der Waals surface area contributed by atoms with Gasteiger partial charge in [0.25, 0.3) is 0 Å². The molecule has 0 radical (unpaired) electrons. The minimum Gasteiger partial charge on any atom is -0.373 e. The van der Waals surface area contributed by atoms with Gasteiger partial charge in [-0.2, -0.15) is 5.10 Å². The molecule has 96 valence electrons. The standard InChI is InChI=1S/C13H16FN3S/c1-9-12(13(15-2)17(3)16-9)8-18-11-6-4-10(14)5-7-11/h4-7,15H,8H2,1-3H3. The smallest absolute Gasteiger partial charge is 0.128 e. The summed E-state index contributed by atoms with van der Waals surface area (Å²) in [4.78, 5) is 1.06. The van der Waals surface area contributed by atoms with E-state index < -0.39 is 0 Å². The normalized spacial score (nSPS) is 10.7. The van der Waals surface area contributed by atoms with Crippen molar-refractivity contribution in [1.82, 2.24) is 9.78 Å². The van der Waals surface area contributed by atoms with Gasteiger partial charge in [0.1, 0.15) is 11.6 Å². The van der Waals surface area contributed by atoms with E-state index in [0.29, 0.717) is 0 Å². The number of thioether (sulfide) groups is 1. The number of hydrogen-bond donors (Lipinski definition) is 1. The van der Waals surface area contributed by atoms with Gasteiger partial charge in [-0.1, -0.05) is 0 Å². The predicted octanol–water partition coefficient (Wildman–Crippen LogP) is 3.20. The maximum Gasteiger partial charge on any atom is 0.128 e. The zero-order chi connectivity index (χ0) is 13.1. The van der Waals surface area contributed by atoms with Crippen LogP contribution in [0.5, 0.6) is 0 Å². The summed E-state index contributed by atoms with van der Waals surface area (Å²) in [5, 5.41) is 7.55. The Labute approximate surface area is 110 Å². The number of halogens is 1. The molecule has 0 unspecified atom stereocenters. The molecule has 0 fully saturated rings. The van der Waals surface area contributed by atoms with Gasteiger partial charge in [-0.3, -0.25) is 4.68 Å². The molecule has 0 spiro atoms. The van der Waals surface area contributed by atoms with Gasteiger partial charge in [-0.25, -0.2) is 4.39 Å². The molecule has 1 aromatic heterocycles. The molecule has 2 rings (SSSR count). The Morgan fingerprint density at radius 2 is 2.00 bits per heavy atom. The van der Waals surface area contributed by atoms with Gasteiger partial charge in [0.15, 0.2) is 0 Å². The van der Waals surface area contributed by atoms with Crippen LogP contribution in [0.4, 0.5) is 10.2 Å². The molecular weight excluding hydrogens is 249 g/mol. The van der Waals surface area contributed by atoms with Crippen LogP contribution in [-0.2, 0) is 12.8 Å². The molecule has 2 aromatic rings. The molecule has 1 heterocycles. The van der Waals surface area contributed by atoms with E-state index >= 15 is 0 Å². The van der Waals surface area contributed by atoms with Crippen LogP contribution in [0, 0.1) is 12.7 Å². The summed E-state index contributed by atoms with van der Waals surface area (Å²) in [5.74, 6) is 1.65. The number of nitrogens with zero attached hydrogens (tertiary/aromatic N) is 2. The van der Waals surface area contributed by atoms with Crippen LogP contribution >= 0.6 is 11.8 Å². The molecule has 5 heteroatoms. The fourth-order valence-corrected chi connectivity index (χ4v) is 2.86. The van der Waals surface area contributed by atoms with Gasteiger partial charge in [-0.15, -0.1) is 11.8 Å². The maximum absolute atomic E-state index is 12.8. The molecule has 0 saturated carbocycles. The van der Waals surface area contributed by atoms with Crippen LogP contribution in [0.1, 0.15) is 11.3 Å². The van der Waals surface area contributed by atoms with E-state index in [1.165, 1.54) is 17.7 Å². The van der Waals surface area contributed by atoms with Gasteiger partial charge < -0.3 is 5.32 Å². The maximum atomic E-state index is 12.8. The summed E-state index contributed by atoms with van der Waals surface area (Å²) in [5.41, 5.74) is 2.21. The third kappa shape index (κ3) is 2.67. The largest absolute Gasteiger partial charge is 0.373 e. The first-order valence-corrected chi connectivity index (χ1v) is 6.69. The molecule has 1 N–H and O–H groups in total. The minimum atomic E-state index is -0.201. The second-order valence-corrected chi connectivity index (χ2v) is 5.08. The molecule has 3 nitrogen and oxygen atoms in total. The van der Waals surface area contributed by atoms with Crippen LogP contribution in [0.25, 0.3) is 0 Å². The third-order valence-electron chi connectivity index (χ3n) is 2.78. The van der Waals surface area contributed by atoms with Crippen molar-refractivity contribution in [2.75, 3.05) is 12.4 Å². The lowest BCUT2D eigenvalue weighted by Crippen LogP contribution is -2.00. The van der Waals surface area contributed by atoms with E-state index in [1.54, 1.807) is 23.9 Å². The summed E-state index contributed by atoms with van der Waals surface area (Å²) >= 11 is 1.68. The monoisotopic (exact) mass is 265 g/mol. The highest BCUT2D eigenvalue weighted by molar-refractivity contribution is 7.98. The minimum absolute atomic E-state index is 0.201. The Morgan fingerprint density at radius 3 is 2.61 bits per heavy atom. The SMILES string of the molecule is CNc1c(CSc2ccc(F)cc2)c(C)nn1C. The van der Waals surface area contributed by atoms with Gasteiger partial charge in [-0.05, 0) is 31.2 Å². The zero-order valence-electron chi connectivity index (χ0n) is 10.7. The lowest BCUT2D eigenvalue weighted by Gasteiger charge is -2.05. The number of hydrogen-bond acceptors (Lipinski definition) is 3. The highest BCUT2D eigenvalue weighted by Crippen LogP contribution is 2.28. The van der Waals surface area contributed by atoms with Crippen LogP contribution < -0.4 is 5.32 Å². The van der Waals surface area contributed by atoms with Crippen molar-refractivity contribution in [3.8, 4) is 0 Å². The van der Waals surface area contributed by atoms with Gasteiger partial charge in [0.2, 0.25) is 0 Å². The number of nitrogens with one attached hydrogen (secondary N) is 1. The molecule has 0 atom stereocenters. The molecule has 0 aliphatic heterocycles. The number of aryl methyl sites for hydroxylation is 2. The fourth-order valence-electron chi connectivity index (χ4n) is 1.87. The molecule has 0 amide bonds. The van der Waals surface area contributed by atoms with Crippen molar-refractivity contribution in [2.45, 2.75) is 17.6 Å². The number of aromatic nitrogens is 2. The lowest BCUT2D eigenvalue weighted by molar-refractivity contribution is 0.626. The van der Waals surface area contributed by atoms with Crippen molar-refractivity contribution >= 4 is 17.6 Å². The molecule has 0 saturated heterocycles. The average Bonchev–Trinajstić information content (AvgIpc) is 2.62. The average molecular weight is 265 g/mol. The highest BCUT2D eigenvalue weighted by Gasteiger charge is 2.11. The quantitative estimate of drug-likeness (QED) is 0.861. The summed E-state index contributed by atoms with van der Waals surface area (Å²) in [6.07, 6.45) is 0. The first kappa shape index (κ1) is 13.0. The van der Waals surface area contributed by atoms with E-state index in [1.807, 2.05) is 25.7 Å². The summed E-state index contributed by atoms with van der Waals surface area (Å²) in [6.45, 7) is 2.00. The van der Waals surface area contributed by atoms with Crippen LogP contribution in [0.15, 0.2) is 29.2 Å². The first-order valence-electron chi connectivity index (χ1n) is 5.70. The predicted molar refractivity (Wildman–Crippen MR) is 73.5 cm³/mol. The van der Waals surface area contributed by atoms with Crippen LogP contribution in [-0.4, -0.2) is 16.8 Å². The summed E-state index contributed by atoms with van der Waals surface area (Å²) in [6, 6.07) is 6.56. The molecular formula is C13H16FN3S. The Kier molecular flexibility index (Phi) is 3.91. The van der Waals surface area contributed by atoms with Crippen LogP contribution in [0.2, 0.25) is 0 Å². The van der Waals surface area contributed by atoms with E-state index in [2.05, 4.69) is 10.4 Å². The molecule has 0 bridgehead atoms. The van der Waals surface area contributed by atoms with Crippen molar-refractivity contribution in [2.24, 2.45) is 7.05 Å². The van der Waals surface area contributed by atoms with Gasteiger partial charge in [0, 0.05) is 30.3 Å². The van der Waals surface area contributed by atoms with Crippen molar-refractivity contribution < 1.29 is 4.39 Å². The van der Waals surface area contributed by atoms with Crippen molar-refractivity contribution in [3.05, 3.63) is 41.3 Å². The van der Waals surface area contributed by atoms with Crippen molar-refractivity contribution in [1.29, 1.82) is 0 Å². The topological polar surface area (TPSA) is 29.9 Å². The Morgan fingerprint density at radius 1 is 1.33 bits per heavy atom. The van der Waals surface area contributed by atoms with E-state index in [0.717, 1.165) is 22.2 Å². The fraction of sp³-hybridized carbons (Fsp3) is 0.308. The van der Waals surface area contributed by atoms with Gasteiger partial charge >= 0.3 is 0 Å². The van der Waals surface area contributed by atoms with Crippen molar-refractivity contribution in [3.63, 3.8) is 0 Å². The lowest BCUT2D eigenvalue weighted by atomic mass is 10.3. The Bertz CT molecular complexity index is 534. The Hall–Kier alpha value is -1.49. The molecule has 0 aliphatic rings. The van der Waals surface area contributed by atoms with E-state index in [-0.39, 0.29) is 5.82 Å². The number of benzene rings is 1. The molecule has 18 heavy (non-hydrogen) atoms. The van der Waals surface area contributed by atoms with Gasteiger partial charge in [0.05, 0.1) is 5.69 Å².